The van der Waals surface area contributed by atoms with E-state index in [9.17, 15) is 0 Å². The van der Waals surface area contributed by atoms with Crippen molar-refractivity contribution < 1.29 is 5.21 Å². The van der Waals surface area contributed by atoms with Gasteiger partial charge in [0, 0.05) is 15.1 Å². The average Bonchev–Trinajstić information content (AvgIpc) is 1.98. The van der Waals surface area contributed by atoms with E-state index in [4.69, 9.17) is 16.8 Å². The maximum atomic E-state index is 8.24. The Hall–Kier alpha value is -0.540. The first-order valence-electron chi connectivity index (χ1n) is 2.86. The van der Waals surface area contributed by atoms with Crippen molar-refractivity contribution in [1.82, 2.24) is 0 Å². The fourth-order valence-corrected chi connectivity index (χ4v) is 1.21. The minimum atomic E-state index is 0.614. The number of nitrogens with zero attached hydrogens (tertiary/aromatic N) is 1. The zero-order valence-corrected chi connectivity index (χ0v) is 7.80. The Labute approximate surface area is 77.6 Å². The molecule has 11 heavy (non-hydrogen) atoms. The van der Waals surface area contributed by atoms with Crippen LogP contribution in [0, 0.1) is 0 Å². The van der Waals surface area contributed by atoms with Crippen molar-refractivity contribution in [3.8, 4) is 0 Å². The van der Waals surface area contributed by atoms with Crippen LogP contribution in [-0.4, -0.2) is 11.4 Å². The van der Waals surface area contributed by atoms with Crippen molar-refractivity contribution in [2.75, 3.05) is 0 Å². The van der Waals surface area contributed by atoms with E-state index in [1.54, 1.807) is 18.2 Å². The van der Waals surface area contributed by atoms with Gasteiger partial charge >= 0.3 is 0 Å². The highest BCUT2D eigenvalue weighted by atomic mass is 79.9. The quantitative estimate of drug-likeness (QED) is 0.452. The predicted octanol–water partition coefficient (Wildman–Crippen LogP) is 2.91. The summed E-state index contributed by atoms with van der Waals surface area (Å²) in [5.74, 6) is 0. The first-order chi connectivity index (χ1) is 5.24. The van der Waals surface area contributed by atoms with Crippen LogP contribution >= 0.6 is 27.5 Å². The number of oxime groups is 1. The molecule has 0 atom stereocenters. The summed E-state index contributed by atoms with van der Waals surface area (Å²) in [5, 5.41) is 11.7. The van der Waals surface area contributed by atoms with E-state index in [1.807, 2.05) is 0 Å². The first-order valence-corrected chi connectivity index (χ1v) is 4.03. The van der Waals surface area contributed by atoms with Gasteiger partial charge in [-0.1, -0.05) is 32.7 Å². The predicted molar refractivity (Wildman–Crippen MR) is 48.5 cm³/mol. The molecule has 1 aromatic carbocycles. The minimum absolute atomic E-state index is 0.614. The van der Waals surface area contributed by atoms with E-state index in [-0.39, 0.29) is 0 Å². The van der Waals surface area contributed by atoms with E-state index in [2.05, 4.69) is 21.1 Å². The molecule has 0 bridgehead atoms. The SMILES string of the molecule is O/N=C/c1cc(Cl)ccc1Br. The van der Waals surface area contributed by atoms with Gasteiger partial charge in [0.05, 0.1) is 6.21 Å². The summed E-state index contributed by atoms with van der Waals surface area (Å²) >= 11 is 8.96. The smallest absolute Gasteiger partial charge is 0.0745 e. The molecule has 0 radical (unpaired) electrons. The van der Waals surface area contributed by atoms with E-state index >= 15 is 0 Å². The van der Waals surface area contributed by atoms with Crippen LogP contribution in [0.3, 0.4) is 0 Å². The Morgan fingerprint density at radius 2 is 2.27 bits per heavy atom. The first kappa shape index (κ1) is 8.56. The molecular formula is C7H5BrClNO. The maximum absolute atomic E-state index is 8.24. The van der Waals surface area contributed by atoms with Crippen molar-refractivity contribution in [2.45, 2.75) is 0 Å². The van der Waals surface area contributed by atoms with Gasteiger partial charge in [0.25, 0.3) is 0 Å². The van der Waals surface area contributed by atoms with Gasteiger partial charge in [-0.2, -0.15) is 0 Å². The minimum Gasteiger partial charge on any atom is -0.411 e. The van der Waals surface area contributed by atoms with E-state index in [0.29, 0.717) is 5.02 Å². The molecule has 2 nitrogen and oxygen atoms in total. The molecule has 0 saturated carbocycles. The van der Waals surface area contributed by atoms with Crippen LogP contribution in [0.25, 0.3) is 0 Å². The summed E-state index contributed by atoms with van der Waals surface area (Å²) in [4.78, 5) is 0. The van der Waals surface area contributed by atoms with E-state index in [0.717, 1.165) is 10.0 Å². The van der Waals surface area contributed by atoms with E-state index in [1.165, 1.54) is 6.21 Å². The van der Waals surface area contributed by atoms with Crippen molar-refractivity contribution in [3.05, 3.63) is 33.3 Å². The molecular weight excluding hydrogens is 229 g/mol. The van der Waals surface area contributed by atoms with Crippen LogP contribution in [0.2, 0.25) is 5.02 Å². The molecule has 0 aliphatic rings. The molecule has 0 fully saturated rings. The van der Waals surface area contributed by atoms with Crippen molar-refractivity contribution in [2.24, 2.45) is 5.16 Å². The fourth-order valence-electron chi connectivity index (χ4n) is 0.676. The Kier molecular flexibility index (Phi) is 2.91. The Bertz CT molecular complexity index is 288. The van der Waals surface area contributed by atoms with Gasteiger partial charge < -0.3 is 5.21 Å². The summed E-state index contributed by atoms with van der Waals surface area (Å²) in [6.07, 6.45) is 1.32. The highest BCUT2D eigenvalue weighted by molar-refractivity contribution is 9.10. The van der Waals surface area contributed by atoms with Gasteiger partial charge in [-0.25, -0.2) is 0 Å². The second kappa shape index (κ2) is 3.74. The molecule has 58 valence electrons. The number of halogens is 2. The lowest BCUT2D eigenvalue weighted by molar-refractivity contribution is 0.322. The fraction of sp³-hybridized carbons (Fsp3) is 0. The Balaban J connectivity index is 3.12. The van der Waals surface area contributed by atoms with Crippen LogP contribution in [0.1, 0.15) is 5.56 Å². The topological polar surface area (TPSA) is 32.6 Å². The van der Waals surface area contributed by atoms with Gasteiger partial charge in [-0.05, 0) is 18.2 Å². The zero-order chi connectivity index (χ0) is 8.27. The molecule has 0 spiro atoms. The van der Waals surface area contributed by atoms with Gasteiger partial charge in [-0.15, -0.1) is 0 Å². The molecule has 1 rings (SSSR count). The highest BCUT2D eigenvalue weighted by Gasteiger charge is 1.96. The molecule has 0 saturated heterocycles. The molecule has 0 unspecified atom stereocenters. The normalized spacial score (nSPS) is 10.7. The lowest BCUT2D eigenvalue weighted by Crippen LogP contribution is -1.82. The van der Waals surface area contributed by atoms with Crippen molar-refractivity contribution in [3.63, 3.8) is 0 Å². The number of hydrogen-bond donors (Lipinski definition) is 1. The average molecular weight is 234 g/mol. The third kappa shape index (κ3) is 2.20. The lowest BCUT2D eigenvalue weighted by Gasteiger charge is -1.96. The molecule has 0 amide bonds. The van der Waals surface area contributed by atoms with Crippen molar-refractivity contribution in [1.29, 1.82) is 0 Å². The van der Waals surface area contributed by atoms with Gasteiger partial charge in [0.2, 0.25) is 0 Å². The molecule has 0 aliphatic heterocycles. The molecule has 1 N–H and O–H groups in total. The summed E-state index contributed by atoms with van der Waals surface area (Å²) in [7, 11) is 0. The molecule has 1 aromatic rings. The second-order valence-electron chi connectivity index (χ2n) is 1.91. The van der Waals surface area contributed by atoms with Crippen LogP contribution in [0.5, 0.6) is 0 Å². The Morgan fingerprint density at radius 3 is 2.91 bits per heavy atom. The number of hydrogen-bond acceptors (Lipinski definition) is 2. The third-order valence-electron chi connectivity index (χ3n) is 1.15. The van der Waals surface area contributed by atoms with Gasteiger partial charge in [-0.3, -0.25) is 0 Å². The monoisotopic (exact) mass is 233 g/mol. The van der Waals surface area contributed by atoms with E-state index < -0.39 is 0 Å². The van der Waals surface area contributed by atoms with Crippen LogP contribution in [0.15, 0.2) is 27.8 Å². The highest BCUT2D eigenvalue weighted by Crippen LogP contribution is 2.19. The van der Waals surface area contributed by atoms with Crippen LogP contribution in [-0.2, 0) is 0 Å². The molecule has 0 aliphatic carbocycles. The third-order valence-corrected chi connectivity index (χ3v) is 2.11. The summed E-state index contributed by atoms with van der Waals surface area (Å²) in [5.41, 5.74) is 0.750. The maximum Gasteiger partial charge on any atom is 0.0745 e. The zero-order valence-electron chi connectivity index (χ0n) is 5.46. The summed E-state index contributed by atoms with van der Waals surface area (Å²) in [6.45, 7) is 0. The van der Waals surface area contributed by atoms with Gasteiger partial charge in [0.15, 0.2) is 0 Å². The number of benzene rings is 1. The molecule has 0 heterocycles. The lowest BCUT2D eigenvalue weighted by atomic mass is 10.2. The van der Waals surface area contributed by atoms with Crippen LogP contribution < -0.4 is 0 Å². The Morgan fingerprint density at radius 1 is 1.55 bits per heavy atom. The second-order valence-corrected chi connectivity index (χ2v) is 3.20. The van der Waals surface area contributed by atoms with Crippen LogP contribution in [0.4, 0.5) is 0 Å². The largest absolute Gasteiger partial charge is 0.411 e. The summed E-state index contributed by atoms with van der Waals surface area (Å²) < 4.78 is 0.847. The van der Waals surface area contributed by atoms with Crippen molar-refractivity contribution >= 4 is 33.7 Å². The standard InChI is InChI=1S/C7H5BrClNO/c8-7-2-1-6(9)3-5(7)4-10-11/h1-4,11H/b10-4+. The van der Waals surface area contributed by atoms with Gasteiger partial charge in [0.1, 0.15) is 0 Å². The molecule has 0 aromatic heterocycles. The summed E-state index contributed by atoms with van der Waals surface area (Å²) in [6, 6.07) is 5.24. The molecule has 4 heteroatoms. The number of rotatable bonds is 1.